The molecule has 2 heterocycles. The Morgan fingerprint density at radius 2 is 1.96 bits per heavy atom. The van der Waals surface area contributed by atoms with Crippen LogP contribution in [-0.2, 0) is 10.0 Å². The quantitative estimate of drug-likeness (QED) is 0.701. The van der Waals surface area contributed by atoms with Crippen LogP contribution in [0.1, 0.15) is 38.2 Å². The number of methoxy groups -OCH3 is 1. The minimum absolute atomic E-state index is 0.166. The average molecular weight is 406 g/mol. The van der Waals surface area contributed by atoms with Crippen LogP contribution in [0.25, 0.3) is 0 Å². The Bertz CT molecular complexity index is 892. The van der Waals surface area contributed by atoms with E-state index in [1.54, 1.807) is 24.3 Å². The number of nitrogens with one attached hydrogen (secondary N) is 2. The molecule has 8 heteroatoms. The first-order valence-electron chi connectivity index (χ1n) is 9.43. The molecular formula is C20H27N3O4S. The maximum atomic E-state index is 12.7. The van der Waals surface area contributed by atoms with Crippen molar-refractivity contribution in [1.82, 2.24) is 10.3 Å². The molecule has 2 N–H and O–H groups in total. The zero-order valence-electron chi connectivity index (χ0n) is 16.4. The molecule has 3 rings (SSSR count). The maximum Gasteiger partial charge on any atom is 0.262 e. The number of aromatic nitrogens is 1. The summed E-state index contributed by atoms with van der Waals surface area (Å²) in [6.07, 6.45) is 2.22. The Balaban J connectivity index is 1.72. The Labute approximate surface area is 166 Å². The number of benzene rings is 1. The van der Waals surface area contributed by atoms with Gasteiger partial charge < -0.3 is 14.8 Å². The van der Waals surface area contributed by atoms with Crippen molar-refractivity contribution in [1.29, 1.82) is 0 Å². The van der Waals surface area contributed by atoms with Crippen molar-refractivity contribution in [3.63, 3.8) is 0 Å². The number of nitrogens with zero attached hydrogens (tertiary/aromatic N) is 1. The van der Waals surface area contributed by atoms with Crippen LogP contribution in [0, 0.1) is 0 Å². The molecule has 1 fully saturated rings. The van der Waals surface area contributed by atoms with Crippen LogP contribution in [-0.4, -0.2) is 39.7 Å². The summed E-state index contributed by atoms with van der Waals surface area (Å²) in [4.78, 5) is 4.45. The van der Waals surface area contributed by atoms with Crippen LogP contribution >= 0.6 is 0 Å². The first-order chi connectivity index (χ1) is 13.4. The topological polar surface area (TPSA) is 89.6 Å². The number of hydrogen-bond donors (Lipinski definition) is 2. The molecule has 28 heavy (non-hydrogen) atoms. The van der Waals surface area contributed by atoms with Crippen molar-refractivity contribution in [2.75, 3.05) is 25.0 Å². The molecule has 152 valence electrons. The van der Waals surface area contributed by atoms with Crippen molar-refractivity contribution in [2.24, 2.45) is 0 Å². The van der Waals surface area contributed by atoms with Crippen LogP contribution < -0.4 is 19.5 Å². The van der Waals surface area contributed by atoms with Gasteiger partial charge in [0.1, 0.15) is 12.3 Å². The van der Waals surface area contributed by atoms with Crippen molar-refractivity contribution in [2.45, 2.75) is 43.5 Å². The molecule has 1 aromatic carbocycles. The van der Waals surface area contributed by atoms with E-state index in [2.05, 4.69) is 28.9 Å². The van der Waals surface area contributed by atoms with Gasteiger partial charge in [-0.15, -0.1) is 0 Å². The molecule has 1 aliphatic heterocycles. The Morgan fingerprint density at radius 1 is 1.21 bits per heavy atom. The fraction of sp³-hybridized carbons (Fsp3) is 0.450. The van der Waals surface area contributed by atoms with E-state index in [-0.39, 0.29) is 16.5 Å². The van der Waals surface area contributed by atoms with Crippen LogP contribution in [0.5, 0.6) is 11.8 Å². The van der Waals surface area contributed by atoms with E-state index in [9.17, 15) is 8.42 Å². The molecule has 1 aromatic heterocycles. The number of hydrogen-bond acceptors (Lipinski definition) is 6. The monoisotopic (exact) mass is 405 g/mol. The second-order valence-electron chi connectivity index (χ2n) is 7.14. The predicted molar refractivity (Wildman–Crippen MR) is 109 cm³/mol. The largest absolute Gasteiger partial charge is 0.479 e. The standard InChI is InChI=1S/C20H27N3O4S/c1-14(2)15-6-8-17(9-7-15)28(24,25)23-18-10-11-19(22-20(18)26-3)27-13-16-5-4-12-21-16/h6-11,14,16,21,23H,4-5,12-13H2,1-3H3/t16-/m0/s1. The molecule has 0 radical (unpaired) electrons. The average Bonchev–Trinajstić information content (AvgIpc) is 3.20. The summed E-state index contributed by atoms with van der Waals surface area (Å²) in [6, 6.07) is 10.4. The zero-order chi connectivity index (χ0) is 20.1. The molecule has 0 unspecified atom stereocenters. The molecule has 2 aromatic rings. The molecule has 1 atom stereocenters. The van der Waals surface area contributed by atoms with Gasteiger partial charge in [-0.1, -0.05) is 26.0 Å². The van der Waals surface area contributed by atoms with E-state index in [1.165, 1.54) is 7.11 Å². The first kappa shape index (κ1) is 20.4. The lowest BCUT2D eigenvalue weighted by molar-refractivity contribution is 0.263. The van der Waals surface area contributed by atoms with E-state index in [4.69, 9.17) is 9.47 Å². The maximum absolute atomic E-state index is 12.7. The lowest BCUT2D eigenvalue weighted by atomic mass is 10.0. The number of ether oxygens (including phenoxy) is 2. The lowest BCUT2D eigenvalue weighted by Crippen LogP contribution is -2.28. The van der Waals surface area contributed by atoms with Crippen molar-refractivity contribution in [3.8, 4) is 11.8 Å². The highest BCUT2D eigenvalue weighted by atomic mass is 32.2. The normalized spacial score (nSPS) is 16.9. The fourth-order valence-corrected chi connectivity index (χ4v) is 4.11. The van der Waals surface area contributed by atoms with Gasteiger partial charge in [0.05, 0.1) is 12.0 Å². The molecule has 0 aliphatic carbocycles. The number of rotatable bonds is 8. The van der Waals surface area contributed by atoms with Gasteiger partial charge >= 0.3 is 0 Å². The van der Waals surface area contributed by atoms with E-state index in [1.807, 2.05) is 12.1 Å². The summed E-state index contributed by atoms with van der Waals surface area (Å²) in [6.45, 7) is 5.64. The summed E-state index contributed by atoms with van der Waals surface area (Å²) < 4.78 is 38.9. The van der Waals surface area contributed by atoms with Gasteiger partial charge in [0.15, 0.2) is 0 Å². The Morgan fingerprint density at radius 3 is 2.57 bits per heavy atom. The first-order valence-corrected chi connectivity index (χ1v) is 10.9. The summed E-state index contributed by atoms with van der Waals surface area (Å²) >= 11 is 0. The van der Waals surface area contributed by atoms with Crippen molar-refractivity contribution >= 4 is 15.7 Å². The van der Waals surface area contributed by atoms with Crippen molar-refractivity contribution < 1.29 is 17.9 Å². The van der Waals surface area contributed by atoms with Crippen LogP contribution in [0.4, 0.5) is 5.69 Å². The molecule has 1 aliphatic rings. The molecule has 7 nitrogen and oxygen atoms in total. The second-order valence-corrected chi connectivity index (χ2v) is 8.82. The van der Waals surface area contributed by atoms with Gasteiger partial charge in [-0.25, -0.2) is 8.42 Å². The van der Waals surface area contributed by atoms with Gasteiger partial charge in [-0.3, -0.25) is 4.72 Å². The van der Waals surface area contributed by atoms with E-state index >= 15 is 0 Å². The van der Waals surface area contributed by atoms with E-state index in [0.29, 0.717) is 24.4 Å². The van der Waals surface area contributed by atoms with Gasteiger partial charge in [0.25, 0.3) is 10.0 Å². The third kappa shape index (κ3) is 4.94. The molecule has 0 saturated carbocycles. The van der Waals surface area contributed by atoms with Gasteiger partial charge in [-0.05, 0) is 49.1 Å². The molecule has 1 saturated heterocycles. The third-order valence-corrected chi connectivity index (χ3v) is 6.11. The number of pyridine rings is 1. The van der Waals surface area contributed by atoms with Crippen molar-refractivity contribution in [3.05, 3.63) is 42.0 Å². The molecule has 0 spiro atoms. The summed E-state index contributed by atoms with van der Waals surface area (Å²) in [5, 5.41) is 3.35. The Hall–Kier alpha value is -2.32. The van der Waals surface area contributed by atoms with E-state index in [0.717, 1.165) is 24.9 Å². The zero-order valence-corrected chi connectivity index (χ0v) is 17.3. The number of anilines is 1. The smallest absolute Gasteiger partial charge is 0.262 e. The number of sulfonamides is 1. The Kier molecular flexibility index (Phi) is 6.41. The van der Waals surface area contributed by atoms with Crippen LogP contribution in [0.3, 0.4) is 0 Å². The fourth-order valence-electron chi connectivity index (χ4n) is 3.06. The molecule has 0 amide bonds. The van der Waals surface area contributed by atoms with Crippen LogP contribution in [0.15, 0.2) is 41.3 Å². The van der Waals surface area contributed by atoms with Gasteiger partial charge in [-0.2, -0.15) is 4.98 Å². The summed E-state index contributed by atoms with van der Waals surface area (Å²) in [5.41, 5.74) is 1.35. The summed E-state index contributed by atoms with van der Waals surface area (Å²) in [7, 11) is -2.30. The highest BCUT2D eigenvalue weighted by Crippen LogP contribution is 2.28. The molecule has 0 bridgehead atoms. The molecular weight excluding hydrogens is 378 g/mol. The lowest BCUT2D eigenvalue weighted by Gasteiger charge is -2.15. The highest BCUT2D eigenvalue weighted by molar-refractivity contribution is 7.92. The predicted octanol–water partition coefficient (Wildman–Crippen LogP) is 3.15. The minimum Gasteiger partial charge on any atom is -0.479 e. The van der Waals surface area contributed by atoms with Gasteiger partial charge in [0.2, 0.25) is 11.8 Å². The van der Waals surface area contributed by atoms with Crippen LogP contribution in [0.2, 0.25) is 0 Å². The van der Waals surface area contributed by atoms with E-state index < -0.39 is 10.0 Å². The highest BCUT2D eigenvalue weighted by Gasteiger charge is 2.19. The minimum atomic E-state index is -3.75. The van der Waals surface area contributed by atoms with Gasteiger partial charge in [0, 0.05) is 12.1 Å². The third-order valence-electron chi connectivity index (χ3n) is 4.72. The SMILES string of the molecule is COc1nc(OC[C@@H]2CCCN2)ccc1NS(=O)(=O)c1ccc(C(C)C)cc1. The summed E-state index contributed by atoms with van der Waals surface area (Å²) in [5.74, 6) is 0.898. The second kappa shape index (κ2) is 8.79.